The van der Waals surface area contributed by atoms with Crippen LogP contribution >= 0.6 is 0 Å². The van der Waals surface area contributed by atoms with Crippen LogP contribution in [0.5, 0.6) is 0 Å². The van der Waals surface area contributed by atoms with Crippen molar-refractivity contribution in [1.82, 2.24) is 10.6 Å². The van der Waals surface area contributed by atoms with E-state index in [0.29, 0.717) is 6.54 Å². The lowest BCUT2D eigenvalue weighted by Crippen LogP contribution is -2.29. The van der Waals surface area contributed by atoms with Gasteiger partial charge in [0.2, 0.25) is 0 Å². The first-order chi connectivity index (χ1) is 7.29. The molecule has 0 bridgehead atoms. The third-order valence-electron chi connectivity index (χ3n) is 2.99. The fourth-order valence-electron chi connectivity index (χ4n) is 2.12. The van der Waals surface area contributed by atoms with Crippen molar-refractivity contribution < 1.29 is 4.79 Å². The number of piperidine rings is 1. The van der Waals surface area contributed by atoms with Crippen LogP contribution in [0, 0.1) is 5.92 Å². The van der Waals surface area contributed by atoms with Crippen molar-refractivity contribution in [2.24, 2.45) is 5.92 Å². The summed E-state index contributed by atoms with van der Waals surface area (Å²) in [6, 6.07) is 0. The van der Waals surface area contributed by atoms with E-state index in [1.165, 1.54) is 45.2 Å². The van der Waals surface area contributed by atoms with Gasteiger partial charge in [0.15, 0.2) is 0 Å². The fraction of sp³-hybridized carbons (Fsp3) is 0.917. The zero-order valence-electron chi connectivity index (χ0n) is 9.85. The van der Waals surface area contributed by atoms with Crippen molar-refractivity contribution in [3.8, 4) is 0 Å². The Kier molecular flexibility index (Phi) is 6.60. The minimum absolute atomic E-state index is 0.228. The Morgan fingerprint density at radius 3 is 3.00 bits per heavy atom. The maximum Gasteiger partial charge on any atom is 0.143 e. The average Bonchev–Trinajstić information content (AvgIpc) is 2.24. The van der Waals surface area contributed by atoms with E-state index in [-0.39, 0.29) is 5.78 Å². The van der Waals surface area contributed by atoms with E-state index >= 15 is 0 Å². The highest BCUT2D eigenvalue weighted by Gasteiger charge is 2.11. The molecule has 0 amide bonds. The van der Waals surface area contributed by atoms with Gasteiger partial charge in [0.25, 0.3) is 0 Å². The van der Waals surface area contributed by atoms with E-state index in [1.54, 1.807) is 6.92 Å². The minimum Gasteiger partial charge on any atom is -0.316 e. The second kappa shape index (κ2) is 7.83. The molecule has 88 valence electrons. The summed E-state index contributed by atoms with van der Waals surface area (Å²) in [7, 11) is 0. The van der Waals surface area contributed by atoms with Gasteiger partial charge in [0, 0.05) is 0 Å². The Hall–Kier alpha value is -0.410. The van der Waals surface area contributed by atoms with Gasteiger partial charge in [0.1, 0.15) is 5.78 Å². The molecule has 0 spiro atoms. The summed E-state index contributed by atoms with van der Waals surface area (Å²) in [4.78, 5) is 10.7. The molecule has 1 saturated heterocycles. The predicted octanol–water partition coefficient (Wildman–Crippen LogP) is 1.33. The molecular formula is C12H24N2O. The van der Waals surface area contributed by atoms with Crippen LogP contribution in [0.1, 0.15) is 39.0 Å². The van der Waals surface area contributed by atoms with Gasteiger partial charge in [-0.3, -0.25) is 4.79 Å². The SMILES string of the molecule is CC(=O)CNCCCCC1CCCNC1. The van der Waals surface area contributed by atoms with Gasteiger partial charge in [0.05, 0.1) is 6.54 Å². The van der Waals surface area contributed by atoms with Gasteiger partial charge in [-0.2, -0.15) is 0 Å². The van der Waals surface area contributed by atoms with Gasteiger partial charge in [-0.1, -0.05) is 6.42 Å². The summed E-state index contributed by atoms with van der Waals surface area (Å²) in [5, 5.41) is 6.60. The topological polar surface area (TPSA) is 41.1 Å². The number of carbonyl (C=O) groups excluding carboxylic acids is 1. The number of ketones is 1. The lowest BCUT2D eigenvalue weighted by molar-refractivity contribution is -0.116. The molecule has 0 saturated carbocycles. The third-order valence-corrected chi connectivity index (χ3v) is 2.99. The van der Waals surface area contributed by atoms with Crippen LogP contribution in [-0.2, 0) is 4.79 Å². The lowest BCUT2D eigenvalue weighted by atomic mass is 9.94. The number of hydrogen-bond donors (Lipinski definition) is 2. The van der Waals surface area contributed by atoms with E-state index in [4.69, 9.17) is 0 Å². The van der Waals surface area contributed by atoms with Crippen molar-refractivity contribution in [1.29, 1.82) is 0 Å². The minimum atomic E-state index is 0.228. The number of Topliss-reactive ketones (excluding diaryl/α,β-unsaturated/α-hetero) is 1. The molecule has 1 aliphatic heterocycles. The van der Waals surface area contributed by atoms with Crippen LogP contribution in [0.4, 0.5) is 0 Å². The summed E-state index contributed by atoms with van der Waals surface area (Å²) in [6.07, 6.45) is 6.57. The van der Waals surface area contributed by atoms with Gasteiger partial charge < -0.3 is 10.6 Å². The second-order valence-corrected chi connectivity index (χ2v) is 4.59. The Labute approximate surface area is 93.0 Å². The molecule has 15 heavy (non-hydrogen) atoms. The average molecular weight is 212 g/mol. The number of unbranched alkanes of at least 4 members (excludes halogenated alkanes) is 1. The first-order valence-electron chi connectivity index (χ1n) is 6.20. The first kappa shape index (κ1) is 12.7. The van der Waals surface area contributed by atoms with E-state index in [2.05, 4.69) is 10.6 Å². The molecule has 0 aromatic rings. The van der Waals surface area contributed by atoms with Gasteiger partial charge in [-0.15, -0.1) is 0 Å². The van der Waals surface area contributed by atoms with Crippen molar-refractivity contribution in [3.05, 3.63) is 0 Å². The van der Waals surface area contributed by atoms with Crippen molar-refractivity contribution in [2.45, 2.75) is 39.0 Å². The summed E-state index contributed by atoms with van der Waals surface area (Å²) >= 11 is 0. The van der Waals surface area contributed by atoms with Crippen LogP contribution in [0.15, 0.2) is 0 Å². The first-order valence-corrected chi connectivity index (χ1v) is 6.20. The molecular weight excluding hydrogens is 188 g/mol. The zero-order valence-corrected chi connectivity index (χ0v) is 9.85. The molecule has 1 aliphatic rings. The number of rotatable bonds is 7. The van der Waals surface area contributed by atoms with Gasteiger partial charge in [-0.05, 0) is 58.2 Å². The highest BCUT2D eigenvalue weighted by molar-refractivity contribution is 5.77. The van der Waals surface area contributed by atoms with E-state index in [0.717, 1.165) is 12.5 Å². The Balaban J connectivity index is 1.85. The highest BCUT2D eigenvalue weighted by Crippen LogP contribution is 2.16. The Bertz CT molecular complexity index is 176. The van der Waals surface area contributed by atoms with Crippen LogP contribution in [0.25, 0.3) is 0 Å². The quantitative estimate of drug-likeness (QED) is 0.626. The van der Waals surface area contributed by atoms with Crippen LogP contribution < -0.4 is 10.6 Å². The van der Waals surface area contributed by atoms with Crippen LogP contribution in [0.3, 0.4) is 0 Å². The van der Waals surface area contributed by atoms with Crippen molar-refractivity contribution in [2.75, 3.05) is 26.2 Å². The summed E-state index contributed by atoms with van der Waals surface area (Å²) in [6.45, 7) is 5.56. The summed E-state index contributed by atoms with van der Waals surface area (Å²) in [5.41, 5.74) is 0. The largest absolute Gasteiger partial charge is 0.316 e. The molecule has 0 aromatic carbocycles. The summed E-state index contributed by atoms with van der Waals surface area (Å²) in [5.74, 6) is 1.12. The second-order valence-electron chi connectivity index (χ2n) is 4.59. The lowest BCUT2D eigenvalue weighted by Gasteiger charge is -2.22. The molecule has 1 unspecified atom stereocenters. The molecule has 0 radical (unpaired) electrons. The Morgan fingerprint density at radius 1 is 1.47 bits per heavy atom. The highest BCUT2D eigenvalue weighted by atomic mass is 16.1. The molecule has 3 nitrogen and oxygen atoms in total. The molecule has 0 aliphatic carbocycles. The molecule has 1 fully saturated rings. The van der Waals surface area contributed by atoms with Crippen molar-refractivity contribution >= 4 is 5.78 Å². The van der Waals surface area contributed by atoms with Crippen molar-refractivity contribution in [3.63, 3.8) is 0 Å². The predicted molar refractivity (Wildman–Crippen MR) is 63.0 cm³/mol. The maximum atomic E-state index is 10.7. The van der Waals surface area contributed by atoms with Crippen LogP contribution in [-0.4, -0.2) is 32.0 Å². The maximum absolute atomic E-state index is 10.7. The number of nitrogens with one attached hydrogen (secondary N) is 2. The van der Waals surface area contributed by atoms with E-state index < -0.39 is 0 Å². The number of carbonyl (C=O) groups is 1. The summed E-state index contributed by atoms with van der Waals surface area (Å²) < 4.78 is 0. The van der Waals surface area contributed by atoms with Gasteiger partial charge in [-0.25, -0.2) is 0 Å². The molecule has 1 heterocycles. The molecule has 0 aromatic heterocycles. The fourth-order valence-corrected chi connectivity index (χ4v) is 2.12. The zero-order chi connectivity index (χ0) is 10.9. The molecule has 1 rings (SSSR count). The van der Waals surface area contributed by atoms with E-state index in [1.807, 2.05) is 0 Å². The smallest absolute Gasteiger partial charge is 0.143 e. The van der Waals surface area contributed by atoms with E-state index in [9.17, 15) is 4.79 Å². The van der Waals surface area contributed by atoms with Gasteiger partial charge >= 0.3 is 0 Å². The Morgan fingerprint density at radius 2 is 2.33 bits per heavy atom. The number of hydrogen-bond acceptors (Lipinski definition) is 3. The third kappa shape index (κ3) is 6.63. The molecule has 1 atom stereocenters. The molecule has 2 N–H and O–H groups in total. The monoisotopic (exact) mass is 212 g/mol. The van der Waals surface area contributed by atoms with Crippen LogP contribution in [0.2, 0.25) is 0 Å². The normalized spacial score (nSPS) is 21.5. The molecule has 3 heteroatoms. The standard InChI is InChI=1S/C12H24N2O/c1-11(15)9-13-7-3-2-5-12-6-4-8-14-10-12/h12-14H,2-10H2,1H3.